The van der Waals surface area contributed by atoms with Crippen LogP contribution in [0, 0.1) is 0 Å². The molecule has 0 aliphatic carbocycles. The number of carboxylic acid groups (broad SMARTS) is 1. The maximum atomic E-state index is 13.0. The summed E-state index contributed by atoms with van der Waals surface area (Å²) in [5, 5.41) is 9.48. The Morgan fingerprint density at radius 3 is 2.32 bits per heavy atom. The van der Waals surface area contributed by atoms with E-state index in [0.29, 0.717) is 37.4 Å². The Bertz CT molecular complexity index is 1420. The standard InChI is InChI=1S/C28H32N2O6S/c1-3-4-7-21-8-5-6-9-25(21)28(15-18-29(19-16-28)27(32)33)36-23-14-17-30(26(31)20-23)22-10-12-24(13-11-22)37(2,34)35/h5-6,8-14,17,20H,3-4,7,15-16,18-19H2,1-2H3,(H,32,33). The van der Waals surface area contributed by atoms with Crippen LogP contribution in [0.15, 0.2) is 76.6 Å². The molecule has 0 saturated carbocycles. The first-order valence-corrected chi connectivity index (χ1v) is 14.3. The van der Waals surface area contributed by atoms with Gasteiger partial charge in [0.2, 0.25) is 0 Å². The minimum Gasteiger partial charge on any atom is -0.482 e. The Labute approximate surface area is 217 Å². The molecule has 1 saturated heterocycles. The lowest BCUT2D eigenvalue weighted by molar-refractivity contribution is 0.000350. The van der Waals surface area contributed by atoms with Gasteiger partial charge in [-0.05, 0) is 54.3 Å². The second-order valence-corrected chi connectivity index (χ2v) is 11.5. The topological polar surface area (TPSA) is 106 Å². The number of benzene rings is 2. The van der Waals surface area contributed by atoms with Crippen molar-refractivity contribution >= 4 is 15.9 Å². The van der Waals surface area contributed by atoms with Gasteiger partial charge < -0.3 is 14.7 Å². The van der Waals surface area contributed by atoms with Gasteiger partial charge in [-0.3, -0.25) is 9.36 Å². The normalized spacial score (nSPS) is 15.4. The van der Waals surface area contributed by atoms with E-state index in [1.807, 2.05) is 18.2 Å². The summed E-state index contributed by atoms with van der Waals surface area (Å²) in [5.41, 5.74) is 1.67. The van der Waals surface area contributed by atoms with Crippen molar-refractivity contribution in [3.05, 3.63) is 88.3 Å². The number of unbranched alkanes of at least 4 members (excludes halogenated alkanes) is 1. The highest BCUT2D eigenvalue weighted by Gasteiger charge is 2.41. The summed E-state index contributed by atoms with van der Waals surface area (Å²) >= 11 is 0. The zero-order valence-electron chi connectivity index (χ0n) is 21.1. The summed E-state index contributed by atoms with van der Waals surface area (Å²) in [6.45, 7) is 2.81. The number of nitrogens with zero attached hydrogens (tertiary/aromatic N) is 2. The third-order valence-corrected chi connectivity index (χ3v) is 8.03. The highest BCUT2D eigenvalue weighted by Crippen LogP contribution is 2.39. The van der Waals surface area contributed by atoms with Gasteiger partial charge in [-0.25, -0.2) is 13.2 Å². The number of carbonyl (C=O) groups is 1. The van der Waals surface area contributed by atoms with Crippen molar-refractivity contribution in [3.8, 4) is 11.4 Å². The molecule has 0 bridgehead atoms. The number of hydrogen-bond donors (Lipinski definition) is 1. The van der Waals surface area contributed by atoms with Crippen LogP contribution in [0.3, 0.4) is 0 Å². The largest absolute Gasteiger partial charge is 0.482 e. The van der Waals surface area contributed by atoms with Crippen LogP contribution in [0.4, 0.5) is 4.79 Å². The maximum Gasteiger partial charge on any atom is 0.407 e. The molecule has 1 amide bonds. The highest BCUT2D eigenvalue weighted by molar-refractivity contribution is 7.90. The predicted octanol–water partition coefficient (Wildman–Crippen LogP) is 4.63. The van der Waals surface area contributed by atoms with E-state index in [0.717, 1.165) is 31.1 Å². The zero-order chi connectivity index (χ0) is 26.6. The summed E-state index contributed by atoms with van der Waals surface area (Å²) in [4.78, 5) is 26.2. The Hall–Kier alpha value is -3.59. The van der Waals surface area contributed by atoms with E-state index in [1.54, 1.807) is 24.4 Å². The van der Waals surface area contributed by atoms with Gasteiger partial charge in [-0.1, -0.05) is 37.6 Å². The highest BCUT2D eigenvalue weighted by atomic mass is 32.2. The van der Waals surface area contributed by atoms with Gasteiger partial charge in [-0.2, -0.15) is 0 Å². The van der Waals surface area contributed by atoms with Gasteiger partial charge in [0.1, 0.15) is 11.4 Å². The van der Waals surface area contributed by atoms with Crippen LogP contribution in [0.25, 0.3) is 5.69 Å². The first-order chi connectivity index (χ1) is 17.6. The molecule has 3 aromatic rings. The molecule has 0 spiro atoms. The van der Waals surface area contributed by atoms with Gasteiger partial charge in [0.05, 0.1) is 4.90 Å². The van der Waals surface area contributed by atoms with E-state index in [9.17, 15) is 23.1 Å². The number of piperidine rings is 1. The molecule has 1 aliphatic rings. The van der Waals surface area contributed by atoms with Crippen LogP contribution in [-0.4, -0.2) is 48.4 Å². The van der Waals surface area contributed by atoms with Crippen molar-refractivity contribution in [2.24, 2.45) is 0 Å². The fraction of sp³-hybridized carbons (Fsp3) is 0.357. The third-order valence-electron chi connectivity index (χ3n) is 6.90. The Morgan fingerprint density at radius 2 is 1.73 bits per heavy atom. The van der Waals surface area contributed by atoms with E-state index in [-0.39, 0.29) is 10.5 Å². The lowest BCUT2D eigenvalue weighted by atomic mass is 9.80. The van der Waals surface area contributed by atoms with Gasteiger partial charge in [0.25, 0.3) is 5.56 Å². The molecule has 1 fully saturated rings. The Morgan fingerprint density at radius 1 is 1.05 bits per heavy atom. The minimum atomic E-state index is -3.33. The number of rotatable bonds is 8. The fourth-order valence-corrected chi connectivity index (χ4v) is 5.48. The number of hydrogen-bond acceptors (Lipinski definition) is 5. The molecule has 9 heteroatoms. The molecule has 2 heterocycles. The van der Waals surface area contributed by atoms with Gasteiger partial charge in [0, 0.05) is 50.1 Å². The average Bonchev–Trinajstić information content (AvgIpc) is 2.87. The van der Waals surface area contributed by atoms with Gasteiger partial charge >= 0.3 is 6.09 Å². The number of pyridine rings is 1. The summed E-state index contributed by atoms with van der Waals surface area (Å²) in [7, 11) is -3.33. The van der Waals surface area contributed by atoms with E-state index >= 15 is 0 Å². The quantitative estimate of drug-likeness (QED) is 0.461. The monoisotopic (exact) mass is 524 g/mol. The lowest BCUT2D eigenvalue weighted by Crippen LogP contribution is -2.48. The summed E-state index contributed by atoms with van der Waals surface area (Å²) in [5.74, 6) is 0.406. The number of amides is 1. The van der Waals surface area contributed by atoms with E-state index < -0.39 is 21.5 Å². The molecule has 1 N–H and O–H groups in total. The first kappa shape index (κ1) is 26.5. The molecule has 37 heavy (non-hydrogen) atoms. The first-order valence-electron chi connectivity index (χ1n) is 12.4. The molecule has 1 aliphatic heterocycles. The van der Waals surface area contributed by atoms with Crippen molar-refractivity contribution in [3.63, 3.8) is 0 Å². The van der Waals surface area contributed by atoms with E-state index in [1.165, 1.54) is 33.2 Å². The number of aryl methyl sites for hydroxylation is 1. The van der Waals surface area contributed by atoms with Crippen LogP contribution in [0.1, 0.15) is 43.7 Å². The lowest BCUT2D eigenvalue weighted by Gasteiger charge is -2.42. The molecule has 2 aromatic carbocycles. The smallest absolute Gasteiger partial charge is 0.407 e. The molecule has 8 nitrogen and oxygen atoms in total. The van der Waals surface area contributed by atoms with Crippen molar-refractivity contribution in [1.82, 2.24) is 9.47 Å². The summed E-state index contributed by atoms with van der Waals surface area (Å²) in [6.07, 6.45) is 5.72. The van der Waals surface area contributed by atoms with Crippen LogP contribution in [-0.2, 0) is 21.9 Å². The van der Waals surface area contributed by atoms with Crippen molar-refractivity contribution in [1.29, 1.82) is 0 Å². The number of aromatic nitrogens is 1. The van der Waals surface area contributed by atoms with Crippen LogP contribution in [0.5, 0.6) is 5.75 Å². The van der Waals surface area contributed by atoms with Crippen LogP contribution in [0.2, 0.25) is 0 Å². The molecule has 0 atom stereocenters. The minimum absolute atomic E-state index is 0.181. The average molecular weight is 525 g/mol. The molecule has 0 radical (unpaired) electrons. The van der Waals surface area contributed by atoms with Crippen molar-refractivity contribution in [2.75, 3.05) is 19.3 Å². The predicted molar refractivity (Wildman–Crippen MR) is 141 cm³/mol. The SMILES string of the molecule is CCCCc1ccccc1C1(Oc2ccn(-c3ccc(S(C)(=O)=O)cc3)c(=O)c2)CCN(C(=O)O)CC1. The van der Waals surface area contributed by atoms with Crippen molar-refractivity contribution in [2.45, 2.75) is 49.5 Å². The summed E-state index contributed by atoms with van der Waals surface area (Å²) < 4.78 is 31.5. The maximum absolute atomic E-state index is 13.0. The van der Waals surface area contributed by atoms with Crippen LogP contribution >= 0.6 is 0 Å². The molecule has 196 valence electrons. The van der Waals surface area contributed by atoms with E-state index in [4.69, 9.17) is 4.74 Å². The molecule has 0 unspecified atom stereocenters. The van der Waals surface area contributed by atoms with Crippen molar-refractivity contribution < 1.29 is 23.1 Å². The zero-order valence-corrected chi connectivity index (χ0v) is 21.9. The number of likely N-dealkylation sites (tertiary alicyclic amines) is 1. The Kier molecular flexibility index (Phi) is 7.73. The number of ether oxygens (including phenoxy) is 1. The van der Waals surface area contributed by atoms with Gasteiger partial charge in [-0.15, -0.1) is 0 Å². The van der Waals surface area contributed by atoms with Crippen LogP contribution < -0.4 is 10.3 Å². The second-order valence-electron chi connectivity index (χ2n) is 9.46. The third kappa shape index (κ3) is 5.88. The summed E-state index contributed by atoms with van der Waals surface area (Å²) in [6, 6.07) is 17.4. The molecule has 1 aromatic heterocycles. The van der Waals surface area contributed by atoms with E-state index in [2.05, 4.69) is 13.0 Å². The second kappa shape index (κ2) is 10.8. The molecule has 4 rings (SSSR count). The number of sulfone groups is 1. The fourth-order valence-electron chi connectivity index (χ4n) is 4.85. The Balaban J connectivity index is 1.67. The molecular weight excluding hydrogens is 492 g/mol. The van der Waals surface area contributed by atoms with Gasteiger partial charge in [0.15, 0.2) is 9.84 Å². The molecular formula is C28H32N2O6S.